The Morgan fingerprint density at radius 3 is 2.55 bits per heavy atom. The standard InChI is InChI=1S/C24H26N2O3/c1-5-26-15-22(18(3)25-26)23(27)12-8-19-9-13-24(28-4)20(14-19)16-29-21-10-6-17(2)7-11-21/h6-15H,5,16H2,1-4H3/b12-8+. The highest BCUT2D eigenvalue weighted by Gasteiger charge is 2.11. The summed E-state index contributed by atoms with van der Waals surface area (Å²) in [4.78, 5) is 12.5. The van der Waals surface area contributed by atoms with Gasteiger partial charge in [0.25, 0.3) is 0 Å². The highest BCUT2D eigenvalue weighted by molar-refractivity contribution is 6.07. The predicted molar refractivity (Wildman–Crippen MR) is 115 cm³/mol. The molecule has 2 aromatic carbocycles. The van der Waals surface area contributed by atoms with Crippen LogP contribution in [0.25, 0.3) is 6.08 Å². The molecule has 3 aromatic rings. The van der Waals surface area contributed by atoms with E-state index in [1.807, 2.05) is 63.2 Å². The summed E-state index contributed by atoms with van der Waals surface area (Å²) in [5, 5.41) is 4.33. The number of methoxy groups -OCH3 is 1. The van der Waals surface area contributed by atoms with E-state index in [2.05, 4.69) is 5.10 Å². The molecule has 150 valence electrons. The first-order chi connectivity index (χ1) is 14.0. The summed E-state index contributed by atoms with van der Waals surface area (Å²) in [6.07, 6.45) is 5.17. The van der Waals surface area contributed by atoms with Crippen LogP contribution in [-0.4, -0.2) is 22.7 Å². The highest BCUT2D eigenvalue weighted by atomic mass is 16.5. The quantitative estimate of drug-likeness (QED) is 0.401. The zero-order valence-electron chi connectivity index (χ0n) is 17.3. The van der Waals surface area contributed by atoms with E-state index < -0.39 is 0 Å². The highest BCUT2D eigenvalue weighted by Crippen LogP contribution is 2.23. The summed E-state index contributed by atoms with van der Waals surface area (Å²) in [6, 6.07) is 13.7. The average Bonchev–Trinajstić information content (AvgIpc) is 3.12. The minimum absolute atomic E-state index is 0.0597. The third-order valence-corrected chi connectivity index (χ3v) is 4.68. The average molecular weight is 390 g/mol. The van der Waals surface area contributed by atoms with Gasteiger partial charge in [-0.2, -0.15) is 5.10 Å². The van der Waals surface area contributed by atoms with Gasteiger partial charge in [0, 0.05) is 18.3 Å². The molecule has 1 heterocycles. The molecular formula is C24H26N2O3. The van der Waals surface area contributed by atoms with Crippen molar-refractivity contribution in [1.29, 1.82) is 0 Å². The monoisotopic (exact) mass is 390 g/mol. The second-order valence-corrected chi connectivity index (χ2v) is 6.85. The number of hydrogen-bond donors (Lipinski definition) is 0. The van der Waals surface area contributed by atoms with Crippen LogP contribution in [0.2, 0.25) is 0 Å². The van der Waals surface area contributed by atoms with Crippen LogP contribution in [0, 0.1) is 13.8 Å². The van der Waals surface area contributed by atoms with Gasteiger partial charge in [0.15, 0.2) is 5.78 Å². The molecule has 0 bridgehead atoms. The van der Waals surface area contributed by atoms with Gasteiger partial charge >= 0.3 is 0 Å². The van der Waals surface area contributed by atoms with Crippen LogP contribution in [0.15, 0.2) is 54.7 Å². The van der Waals surface area contributed by atoms with Gasteiger partial charge < -0.3 is 9.47 Å². The molecule has 0 spiro atoms. The number of ether oxygens (including phenoxy) is 2. The van der Waals surface area contributed by atoms with Gasteiger partial charge in [-0.25, -0.2) is 0 Å². The van der Waals surface area contributed by atoms with Crippen LogP contribution in [0.5, 0.6) is 11.5 Å². The first-order valence-electron chi connectivity index (χ1n) is 9.63. The van der Waals surface area contributed by atoms with Crippen LogP contribution < -0.4 is 9.47 Å². The minimum atomic E-state index is -0.0597. The number of aromatic nitrogens is 2. The minimum Gasteiger partial charge on any atom is -0.496 e. The number of carbonyl (C=O) groups is 1. The number of ketones is 1. The molecule has 0 saturated heterocycles. The number of hydrogen-bond acceptors (Lipinski definition) is 4. The van der Waals surface area contributed by atoms with E-state index in [0.29, 0.717) is 12.2 Å². The number of carbonyl (C=O) groups excluding carboxylic acids is 1. The fourth-order valence-electron chi connectivity index (χ4n) is 2.99. The summed E-state index contributed by atoms with van der Waals surface area (Å²) in [5.74, 6) is 1.49. The molecule has 0 N–H and O–H groups in total. The van der Waals surface area contributed by atoms with Crippen molar-refractivity contribution in [2.75, 3.05) is 7.11 Å². The number of aryl methyl sites for hydroxylation is 3. The molecule has 5 heteroatoms. The number of allylic oxidation sites excluding steroid dienone is 1. The zero-order chi connectivity index (χ0) is 20.8. The lowest BCUT2D eigenvalue weighted by Gasteiger charge is -2.11. The van der Waals surface area contributed by atoms with E-state index >= 15 is 0 Å². The predicted octanol–water partition coefficient (Wildman–Crippen LogP) is 5.00. The van der Waals surface area contributed by atoms with Crippen LogP contribution in [0.1, 0.15) is 39.7 Å². The molecule has 0 radical (unpaired) electrons. The number of rotatable bonds is 8. The first kappa shape index (κ1) is 20.4. The Morgan fingerprint density at radius 2 is 1.90 bits per heavy atom. The fraction of sp³-hybridized carbons (Fsp3) is 0.250. The first-order valence-corrected chi connectivity index (χ1v) is 9.63. The van der Waals surface area contributed by atoms with E-state index in [1.54, 1.807) is 30.1 Å². The van der Waals surface area contributed by atoms with Crippen LogP contribution >= 0.6 is 0 Å². The van der Waals surface area contributed by atoms with E-state index in [9.17, 15) is 4.79 Å². The van der Waals surface area contributed by atoms with Crippen molar-refractivity contribution in [3.05, 3.63) is 82.7 Å². The maximum atomic E-state index is 12.5. The molecule has 0 aliphatic heterocycles. The van der Waals surface area contributed by atoms with Crippen molar-refractivity contribution < 1.29 is 14.3 Å². The van der Waals surface area contributed by atoms with Gasteiger partial charge in [-0.3, -0.25) is 9.48 Å². The summed E-state index contributed by atoms with van der Waals surface area (Å²) < 4.78 is 13.1. The zero-order valence-corrected chi connectivity index (χ0v) is 17.3. The van der Waals surface area contributed by atoms with Crippen LogP contribution in [-0.2, 0) is 13.2 Å². The van der Waals surface area contributed by atoms with Gasteiger partial charge in [-0.1, -0.05) is 29.8 Å². The summed E-state index contributed by atoms with van der Waals surface area (Å²) in [7, 11) is 1.64. The lowest BCUT2D eigenvalue weighted by molar-refractivity contribution is 0.104. The van der Waals surface area contributed by atoms with Gasteiger partial charge in [-0.15, -0.1) is 0 Å². The Bertz CT molecular complexity index is 1020. The maximum Gasteiger partial charge on any atom is 0.189 e. The summed E-state index contributed by atoms with van der Waals surface area (Å²) in [6.45, 7) is 7.00. The Balaban J connectivity index is 1.74. The third kappa shape index (κ3) is 5.13. The van der Waals surface area contributed by atoms with Crippen molar-refractivity contribution in [2.24, 2.45) is 0 Å². The Morgan fingerprint density at radius 1 is 1.14 bits per heavy atom. The molecule has 1 aromatic heterocycles. The molecule has 0 amide bonds. The molecule has 29 heavy (non-hydrogen) atoms. The molecule has 0 atom stereocenters. The van der Waals surface area contributed by atoms with Crippen LogP contribution in [0.3, 0.4) is 0 Å². The Labute approximate surface area is 171 Å². The van der Waals surface area contributed by atoms with E-state index in [0.717, 1.165) is 34.9 Å². The molecule has 0 aliphatic rings. The van der Waals surface area contributed by atoms with E-state index in [1.165, 1.54) is 5.56 Å². The van der Waals surface area contributed by atoms with Crippen molar-refractivity contribution in [3.8, 4) is 11.5 Å². The van der Waals surface area contributed by atoms with Gasteiger partial charge in [0.1, 0.15) is 18.1 Å². The van der Waals surface area contributed by atoms with Crippen molar-refractivity contribution in [1.82, 2.24) is 9.78 Å². The molecule has 0 saturated carbocycles. The third-order valence-electron chi connectivity index (χ3n) is 4.68. The lowest BCUT2D eigenvalue weighted by Crippen LogP contribution is -1.99. The molecular weight excluding hydrogens is 364 g/mol. The smallest absolute Gasteiger partial charge is 0.189 e. The topological polar surface area (TPSA) is 53.4 Å². The summed E-state index contributed by atoms with van der Waals surface area (Å²) >= 11 is 0. The summed E-state index contributed by atoms with van der Waals surface area (Å²) in [5.41, 5.74) is 4.37. The Hall–Kier alpha value is -3.34. The van der Waals surface area contributed by atoms with Crippen molar-refractivity contribution >= 4 is 11.9 Å². The molecule has 0 fully saturated rings. The maximum absolute atomic E-state index is 12.5. The molecule has 5 nitrogen and oxygen atoms in total. The second-order valence-electron chi connectivity index (χ2n) is 6.85. The lowest BCUT2D eigenvalue weighted by atomic mass is 10.1. The molecule has 3 rings (SSSR count). The van der Waals surface area contributed by atoms with Gasteiger partial charge in [0.05, 0.1) is 18.4 Å². The van der Waals surface area contributed by atoms with E-state index in [-0.39, 0.29) is 5.78 Å². The second kappa shape index (κ2) is 9.24. The van der Waals surface area contributed by atoms with Gasteiger partial charge in [-0.05, 0) is 56.7 Å². The molecule has 0 aliphatic carbocycles. The SMILES string of the molecule is CCn1cc(C(=O)/C=C/c2ccc(OC)c(COc3ccc(C)cc3)c2)c(C)n1. The van der Waals surface area contributed by atoms with Crippen molar-refractivity contribution in [2.45, 2.75) is 33.9 Å². The van der Waals surface area contributed by atoms with Gasteiger partial charge in [0.2, 0.25) is 0 Å². The molecule has 0 unspecified atom stereocenters. The van der Waals surface area contributed by atoms with E-state index in [4.69, 9.17) is 9.47 Å². The number of nitrogens with zero attached hydrogens (tertiary/aromatic N) is 2. The largest absolute Gasteiger partial charge is 0.496 e. The number of benzene rings is 2. The normalized spacial score (nSPS) is 11.0. The Kier molecular flexibility index (Phi) is 6.50. The fourth-order valence-corrected chi connectivity index (χ4v) is 2.99. The van der Waals surface area contributed by atoms with Crippen LogP contribution in [0.4, 0.5) is 0 Å². The van der Waals surface area contributed by atoms with Crippen molar-refractivity contribution in [3.63, 3.8) is 0 Å².